The lowest BCUT2D eigenvalue weighted by atomic mass is 9.93. The molecule has 2 N–H and O–H groups in total. The molecule has 0 aliphatic carbocycles. The monoisotopic (exact) mass is 527 g/mol. The molecule has 9 nitrogen and oxygen atoms in total. The van der Waals surface area contributed by atoms with Gasteiger partial charge in [0.2, 0.25) is 10.0 Å². The lowest BCUT2D eigenvalue weighted by molar-refractivity contribution is -0.150. The van der Waals surface area contributed by atoms with E-state index in [1.165, 1.54) is 12.1 Å². The summed E-state index contributed by atoms with van der Waals surface area (Å²) in [5, 5.41) is 10.3. The van der Waals surface area contributed by atoms with Crippen molar-refractivity contribution in [1.82, 2.24) is 14.6 Å². The van der Waals surface area contributed by atoms with E-state index in [2.05, 4.69) is 9.71 Å². The second-order valence-corrected chi connectivity index (χ2v) is 10.8. The fourth-order valence-electron chi connectivity index (χ4n) is 4.65. The fourth-order valence-corrected chi connectivity index (χ4v) is 5.96. The summed E-state index contributed by atoms with van der Waals surface area (Å²) in [5.74, 6) is -0.559. The van der Waals surface area contributed by atoms with Gasteiger partial charge in [-0.25, -0.2) is 13.1 Å². The molecule has 1 fully saturated rings. The van der Waals surface area contributed by atoms with Crippen LogP contribution in [0.25, 0.3) is 10.9 Å². The van der Waals surface area contributed by atoms with Gasteiger partial charge in [0.15, 0.2) is 0 Å². The Kier molecular flexibility index (Phi) is 8.75. The SMILES string of the molecule is CCOC(=O)C1CN(CCO)CCC1NS(=O)(=O)c1ccc(OCc2cc(C)nc3ccccc23)cc1. The number of nitrogens with one attached hydrogen (secondary N) is 1. The van der Waals surface area contributed by atoms with Gasteiger partial charge in [-0.2, -0.15) is 0 Å². The zero-order valence-corrected chi connectivity index (χ0v) is 21.9. The number of β-amino-alcohol motifs (C(OH)–C–C–N with tert-alkyl or cyclic N) is 1. The molecule has 2 unspecified atom stereocenters. The van der Waals surface area contributed by atoms with Gasteiger partial charge in [0.1, 0.15) is 12.4 Å². The van der Waals surface area contributed by atoms with Crippen LogP contribution in [0.5, 0.6) is 5.75 Å². The molecular formula is C27H33N3O6S. The topological polar surface area (TPSA) is 118 Å². The molecule has 10 heteroatoms. The molecule has 1 aromatic heterocycles. The van der Waals surface area contributed by atoms with E-state index in [-0.39, 0.29) is 18.1 Å². The zero-order chi connectivity index (χ0) is 26.4. The van der Waals surface area contributed by atoms with Crippen molar-refractivity contribution in [3.63, 3.8) is 0 Å². The molecule has 3 aromatic rings. The van der Waals surface area contributed by atoms with Crippen LogP contribution in [0.3, 0.4) is 0 Å². The highest BCUT2D eigenvalue weighted by atomic mass is 32.2. The first-order valence-corrected chi connectivity index (χ1v) is 13.9. The first-order valence-electron chi connectivity index (χ1n) is 12.4. The normalized spacial score (nSPS) is 18.6. The number of benzene rings is 2. The number of hydrogen-bond acceptors (Lipinski definition) is 8. The van der Waals surface area contributed by atoms with E-state index in [0.717, 1.165) is 22.2 Å². The summed E-state index contributed by atoms with van der Waals surface area (Å²) in [5.41, 5.74) is 2.80. The lowest BCUT2D eigenvalue weighted by Crippen LogP contribution is -2.54. The van der Waals surface area contributed by atoms with Crippen molar-refractivity contribution in [1.29, 1.82) is 0 Å². The Balaban J connectivity index is 1.44. The van der Waals surface area contributed by atoms with Crippen LogP contribution < -0.4 is 9.46 Å². The number of carbonyl (C=O) groups excluding carboxylic acids is 1. The number of nitrogens with zero attached hydrogens (tertiary/aromatic N) is 2. The number of piperidine rings is 1. The van der Waals surface area contributed by atoms with Crippen LogP contribution in [0.4, 0.5) is 0 Å². The third-order valence-corrected chi connectivity index (χ3v) is 7.97. The molecule has 1 aliphatic rings. The van der Waals surface area contributed by atoms with Crippen molar-refractivity contribution in [3.8, 4) is 5.75 Å². The summed E-state index contributed by atoms with van der Waals surface area (Å²) in [4.78, 5) is 19.1. The van der Waals surface area contributed by atoms with Crippen LogP contribution in [-0.2, 0) is 26.2 Å². The quantitative estimate of drug-likeness (QED) is 0.387. The van der Waals surface area contributed by atoms with E-state index in [1.807, 2.05) is 42.2 Å². The molecule has 1 aliphatic heterocycles. The number of aliphatic hydroxyl groups is 1. The number of rotatable bonds is 10. The molecule has 2 atom stereocenters. The van der Waals surface area contributed by atoms with Crippen molar-refractivity contribution in [3.05, 3.63) is 65.9 Å². The number of aryl methyl sites for hydroxylation is 1. The minimum atomic E-state index is -3.88. The molecule has 0 saturated carbocycles. The number of carbonyl (C=O) groups is 1. The summed E-state index contributed by atoms with van der Waals surface area (Å²) in [7, 11) is -3.88. The van der Waals surface area contributed by atoms with Gasteiger partial charge in [0, 0.05) is 35.8 Å². The second kappa shape index (κ2) is 12.0. The minimum absolute atomic E-state index is 0.0304. The van der Waals surface area contributed by atoms with E-state index in [1.54, 1.807) is 19.1 Å². The summed E-state index contributed by atoms with van der Waals surface area (Å²) >= 11 is 0. The number of aliphatic hydroxyl groups excluding tert-OH is 1. The smallest absolute Gasteiger partial charge is 0.311 e. The molecule has 4 rings (SSSR count). The standard InChI is InChI=1S/C27H33N3O6S/c1-3-35-27(32)24-17-30(14-15-31)13-12-26(24)29-37(33,34)22-10-8-21(9-11-22)36-18-20-16-19(2)28-25-7-5-4-6-23(20)25/h4-11,16,24,26,29,31H,3,12-15,17-18H2,1-2H3. The van der Waals surface area contributed by atoms with Crippen LogP contribution in [-0.4, -0.2) is 68.3 Å². The Morgan fingerprint density at radius 3 is 2.68 bits per heavy atom. The van der Waals surface area contributed by atoms with Gasteiger partial charge in [-0.3, -0.25) is 9.78 Å². The molecule has 0 bridgehead atoms. The highest BCUT2D eigenvalue weighted by molar-refractivity contribution is 7.89. The van der Waals surface area contributed by atoms with Gasteiger partial charge in [0.05, 0.1) is 29.5 Å². The molecule has 37 heavy (non-hydrogen) atoms. The molecule has 0 spiro atoms. The third-order valence-electron chi connectivity index (χ3n) is 6.47. The van der Waals surface area contributed by atoms with E-state index in [4.69, 9.17) is 9.47 Å². The summed E-state index contributed by atoms with van der Waals surface area (Å²) in [6, 6.07) is 15.5. The number of ether oxygens (including phenoxy) is 2. The van der Waals surface area contributed by atoms with Crippen molar-refractivity contribution >= 4 is 26.9 Å². The fraction of sp³-hybridized carbons (Fsp3) is 0.407. The summed E-state index contributed by atoms with van der Waals surface area (Å²) in [6.07, 6.45) is 0.434. The maximum atomic E-state index is 13.1. The van der Waals surface area contributed by atoms with Crippen molar-refractivity contribution in [2.24, 2.45) is 5.92 Å². The number of esters is 1. The van der Waals surface area contributed by atoms with E-state index in [0.29, 0.717) is 38.4 Å². The number of para-hydroxylation sites is 1. The summed E-state index contributed by atoms with van der Waals surface area (Å²) in [6.45, 7) is 5.47. The van der Waals surface area contributed by atoms with Gasteiger partial charge in [-0.1, -0.05) is 18.2 Å². The molecule has 0 amide bonds. The van der Waals surface area contributed by atoms with Crippen molar-refractivity contribution in [2.75, 3.05) is 32.8 Å². The summed E-state index contributed by atoms with van der Waals surface area (Å²) < 4.78 is 40.1. The van der Waals surface area contributed by atoms with Crippen LogP contribution >= 0.6 is 0 Å². The molecule has 2 aromatic carbocycles. The van der Waals surface area contributed by atoms with Gasteiger partial charge in [-0.15, -0.1) is 0 Å². The first kappa shape index (κ1) is 27.0. The second-order valence-electron chi connectivity index (χ2n) is 9.10. The Labute approximate surface area is 217 Å². The third kappa shape index (κ3) is 6.64. The molecule has 198 valence electrons. The van der Waals surface area contributed by atoms with E-state index in [9.17, 15) is 18.3 Å². The first-order chi connectivity index (χ1) is 17.8. The Morgan fingerprint density at radius 2 is 1.95 bits per heavy atom. The van der Waals surface area contributed by atoms with Crippen LogP contribution in [0.1, 0.15) is 24.6 Å². The average Bonchev–Trinajstić information content (AvgIpc) is 2.88. The van der Waals surface area contributed by atoms with Crippen LogP contribution in [0, 0.1) is 12.8 Å². The number of hydrogen-bond donors (Lipinski definition) is 2. The zero-order valence-electron chi connectivity index (χ0n) is 21.1. The van der Waals surface area contributed by atoms with Crippen LogP contribution in [0.2, 0.25) is 0 Å². The number of pyridine rings is 1. The van der Waals surface area contributed by atoms with Crippen molar-refractivity contribution in [2.45, 2.75) is 37.8 Å². The molecule has 0 radical (unpaired) electrons. The highest BCUT2D eigenvalue weighted by Crippen LogP contribution is 2.24. The van der Waals surface area contributed by atoms with Crippen LogP contribution in [0.15, 0.2) is 59.5 Å². The van der Waals surface area contributed by atoms with Gasteiger partial charge in [0.25, 0.3) is 0 Å². The Hall–Kier alpha value is -3.05. The van der Waals surface area contributed by atoms with E-state index >= 15 is 0 Å². The molecule has 1 saturated heterocycles. The number of aromatic nitrogens is 1. The lowest BCUT2D eigenvalue weighted by Gasteiger charge is -2.37. The van der Waals surface area contributed by atoms with Crippen molar-refractivity contribution < 1.29 is 27.8 Å². The molecule has 2 heterocycles. The largest absolute Gasteiger partial charge is 0.489 e. The number of fused-ring (bicyclic) bond motifs is 1. The van der Waals surface area contributed by atoms with Gasteiger partial charge in [-0.05, 0) is 63.2 Å². The van der Waals surface area contributed by atoms with Gasteiger partial charge < -0.3 is 19.5 Å². The van der Waals surface area contributed by atoms with Gasteiger partial charge >= 0.3 is 5.97 Å². The highest BCUT2D eigenvalue weighted by Gasteiger charge is 2.37. The average molecular weight is 528 g/mol. The Morgan fingerprint density at radius 1 is 1.19 bits per heavy atom. The number of sulfonamides is 1. The predicted octanol–water partition coefficient (Wildman–Crippen LogP) is 2.65. The molecular weight excluding hydrogens is 494 g/mol. The predicted molar refractivity (Wildman–Crippen MR) is 140 cm³/mol. The number of likely N-dealkylation sites (tertiary alicyclic amines) is 1. The minimum Gasteiger partial charge on any atom is -0.489 e. The maximum absolute atomic E-state index is 13.1. The van der Waals surface area contributed by atoms with E-state index < -0.39 is 28.0 Å². The Bertz CT molecular complexity index is 1330. The maximum Gasteiger partial charge on any atom is 0.311 e.